The molecule has 0 unspecified atom stereocenters. The molecule has 1 aliphatic heterocycles. The van der Waals surface area contributed by atoms with Crippen molar-refractivity contribution in [3.05, 3.63) is 0 Å². The van der Waals surface area contributed by atoms with Crippen molar-refractivity contribution in [2.24, 2.45) is 11.3 Å². The first-order chi connectivity index (χ1) is 13.2. The fourth-order valence-corrected chi connectivity index (χ4v) is 4.09. The summed E-state index contributed by atoms with van der Waals surface area (Å²) in [7, 11) is 0. The molecule has 2 rings (SSSR count). The fraction of sp³-hybridized carbons (Fsp3) is 0.850. The summed E-state index contributed by atoms with van der Waals surface area (Å²) in [6.07, 6.45) is 7.41. The molecular formula is C20H36N4O4. The van der Waals surface area contributed by atoms with Crippen LogP contribution in [0.4, 0.5) is 4.79 Å². The van der Waals surface area contributed by atoms with Gasteiger partial charge in [-0.2, -0.15) is 0 Å². The molecule has 1 heterocycles. The van der Waals surface area contributed by atoms with Gasteiger partial charge in [0.1, 0.15) is 12.6 Å². The van der Waals surface area contributed by atoms with E-state index in [4.69, 9.17) is 5.21 Å². The molecule has 2 fully saturated rings. The van der Waals surface area contributed by atoms with Crippen molar-refractivity contribution in [3.63, 3.8) is 0 Å². The lowest BCUT2D eigenvalue weighted by Gasteiger charge is -2.37. The van der Waals surface area contributed by atoms with E-state index in [2.05, 4.69) is 5.32 Å². The zero-order chi connectivity index (χ0) is 20.7. The Balaban J connectivity index is 2.13. The van der Waals surface area contributed by atoms with Crippen LogP contribution in [0.1, 0.15) is 65.7 Å². The van der Waals surface area contributed by atoms with Gasteiger partial charge < -0.3 is 15.1 Å². The number of likely N-dealkylation sites (tertiary alicyclic amines) is 1. The topological polar surface area (TPSA) is 102 Å². The van der Waals surface area contributed by atoms with Crippen LogP contribution in [0.3, 0.4) is 0 Å². The summed E-state index contributed by atoms with van der Waals surface area (Å²) in [6, 6.07) is -0.963. The Morgan fingerprint density at radius 1 is 1.07 bits per heavy atom. The van der Waals surface area contributed by atoms with Gasteiger partial charge in [-0.05, 0) is 43.4 Å². The van der Waals surface area contributed by atoms with E-state index in [-0.39, 0.29) is 18.5 Å². The average molecular weight is 397 g/mol. The molecule has 0 aromatic carbocycles. The SMILES string of the molecule is CC(C)(C)[C@H](NC(=O)N1CCCCC1)C(=O)N(CC(=O)NO)CC1CCCC1. The fourth-order valence-electron chi connectivity index (χ4n) is 4.09. The van der Waals surface area contributed by atoms with Crippen LogP contribution in [0.25, 0.3) is 0 Å². The molecule has 28 heavy (non-hydrogen) atoms. The molecule has 0 spiro atoms. The molecule has 8 nitrogen and oxygen atoms in total. The minimum atomic E-state index is -0.741. The van der Waals surface area contributed by atoms with Gasteiger partial charge in [-0.15, -0.1) is 0 Å². The van der Waals surface area contributed by atoms with Crippen LogP contribution in [0.15, 0.2) is 0 Å². The third-order valence-electron chi connectivity index (χ3n) is 5.75. The van der Waals surface area contributed by atoms with E-state index in [9.17, 15) is 14.4 Å². The molecule has 1 saturated carbocycles. The molecule has 160 valence electrons. The van der Waals surface area contributed by atoms with E-state index in [1.165, 1.54) is 4.90 Å². The van der Waals surface area contributed by atoms with Crippen molar-refractivity contribution in [1.82, 2.24) is 20.6 Å². The highest BCUT2D eigenvalue weighted by Crippen LogP contribution is 2.27. The van der Waals surface area contributed by atoms with E-state index in [1.54, 1.807) is 10.4 Å². The van der Waals surface area contributed by atoms with Gasteiger partial charge in [-0.25, -0.2) is 10.3 Å². The van der Waals surface area contributed by atoms with Crippen molar-refractivity contribution in [2.45, 2.75) is 71.8 Å². The lowest BCUT2D eigenvalue weighted by molar-refractivity contribution is -0.142. The van der Waals surface area contributed by atoms with E-state index >= 15 is 0 Å². The Morgan fingerprint density at radius 3 is 2.21 bits per heavy atom. The van der Waals surface area contributed by atoms with Crippen LogP contribution >= 0.6 is 0 Å². The number of carbonyl (C=O) groups excluding carboxylic acids is 3. The highest BCUT2D eigenvalue weighted by molar-refractivity contribution is 5.90. The third-order valence-corrected chi connectivity index (χ3v) is 5.75. The summed E-state index contributed by atoms with van der Waals surface area (Å²) in [6.45, 7) is 7.39. The van der Waals surface area contributed by atoms with E-state index in [0.717, 1.165) is 44.9 Å². The number of hydrogen-bond acceptors (Lipinski definition) is 4. The largest absolute Gasteiger partial charge is 0.331 e. The highest BCUT2D eigenvalue weighted by atomic mass is 16.5. The first-order valence-electron chi connectivity index (χ1n) is 10.5. The number of amides is 4. The van der Waals surface area contributed by atoms with Crippen molar-refractivity contribution < 1.29 is 19.6 Å². The van der Waals surface area contributed by atoms with Crippen molar-refractivity contribution in [3.8, 4) is 0 Å². The van der Waals surface area contributed by atoms with Crippen LogP contribution in [0, 0.1) is 11.3 Å². The third kappa shape index (κ3) is 6.36. The lowest BCUT2D eigenvalue weighted by Crippen LogP contribution is -2.59. The molecule has 3 N–H and O–H groups in total. The van der Waals surface area contributed by atoms with E-state index in [0.29, 0.717) is 25.6 Å². The molecule has 0 aromatic heterocycles. The molecule has 1 aliphatic carbocycles. The second kappa shape index (κ2) is 10.1. The van der Waals surface area contributed by atoms with Gasteiger partial charge in [0, 0.05) is 19.6 Å². The maximum absolute atomic E-state index is 13.4. The van der Waals surface area contributed by atoms with Crippen LogP contribution in [-0.4, -0.2) is 65.1 Å². The maximum atomic E-state index is 13.4. The molecule has 8 heteroatoms. The number of urea groups is 1. The second-order valence-electron chi connectivity index (χ2n) is 9.20. The number of piperidine rings is 1. The van der Waals surface area contributed by atoms with Crippen LogP contribution in [0.5, 0.6) is 0 Å². The molecule has 0 radical (unpaired) electrons. The average Bonchev–Trinajstić information content (AvgIpc) is 3.17. The molecule has 0 aromatic rings. The Morgan fingerprint density at radius 2 is 1.68 bits per heavy atom. The minimum absolute atomic E-state index is 0.210. The van der Waals surface area contributed by atoms with Gasteiger partial charge in [0.15, 0.2) is 0 Å². The summed E-state index contributed by atoms with van der Waals surface area (Å²) in [5.74, 6) is -0.538. The second-order valence-corrected chi connectivity index (χ2v) is 9.20. The molecular weight excluding hydrogens is 360 g/mol. The monoisotopic (exact) mass is 396 g/mol. The van der Waals surface area contributed by atoms with Gasteiger partial charge in [-0.3, -0.25) is 14.8 Å². The van der Waals surface area contributed by atoms with Crippen LogP contribution in [-0.2, 0) is 9.59 Å². The summed E-state index contributed by atoms with van der Waals surface area (Å²) in [4.78, 5) is 41.2. The number of hydroxylamine groups is 1. The van der Waals surface area contributed by atoms with Crippen molar-refractivity contribution >= 4 is 17.8 Å². The zero-order valence-electron chi connectivity index (χ0n) is 17.5. The summed E-state index contributed by atoms with van der Waals surface area (Å²) in [5, 5.41) is 11.9. The van der Waals surface area contributed by atoms with E-state index in [1.807, 2.05) is 20.8 Å². The lowest BCUT2D eigenvalue weighted by atomic mass is 9.85. The summed E-state index contributed by atoms with van der Waals surface area (Å²) >= 11 is 0. The zero-order valence-corrected chi connectivity index (χ0v) is 17.5. The highest BCUT2D eigenvalue weighted by Gasteiger charge is 2.38. The number of nitrogens with one attached hydrogen (secondary N) is 2. The molecule has 0 bridgehead atoms. The Labute approximate surface area is 168 Å². The number of hydrogen-bond donors (Lipinski definition) is 3. The number of carbonyl (C=O) groups is 3. The van der Waals surface area contributed by atoms with Crippen molar-refractivity contribution in [2.75, 3.05) is 26.2 Å². The minimum Gasteiger partial charge on any atom is -0.331 e. The molecule has 1 atom stereocenters. The predicted molar refractivity (Wildman–Crippen MR) is 106 cm³/mol. The molecule has 4 amide bonds. The molecule has 1 saturated heterocycles. The van der Waals surface area contributed by atoms with Gasteiger partial charge in [0.2, 0.25) is 5.91 Å². The van der Waals surface area contributed by atoms with Crippen LogP contribution in [0.2, 0.25) is 0 Å². The van der Waals surface area contributed by atoms with E-state index < -0.39 is 17.4 Å². The first kappa shape index (κ1) is 22.5. The van der Waals surface area contributed by atoms with Gasteiger partial charge >= 0.3 is 6.03 Å². The summed E-state index contributed by atoms with van der Waals surface area (Å²) in [5.41, 5.74) is 1.11. The number of nitrogens with zero attached hydrogens (tertiary/aromatic N) is 2. The van der Waals surface area contributed by atoms with Crippen molar-refractivity contribution in [1.29, 1.82) is 0 Å². The Hall–Kier alpha value is -1.83. The number of rotatable bonds is 6. The predicted octanol–water partition coefficient (Wildman–Crippen LogP) is 2.12. The van der Waals surface area contributed by atoms with Gasteiger partial charge in [-0.1, -0.05) is 33.6 Å². The van der Waals surface area contributed by atoms with Crippen LogP contribution < -0.4 is 10.8 Å². The maximum Gasteiger partial charge on any atom is 0.318 e. The standard InChI is InChI=1S/C20H36N4O4/c1-20(2,3)17(21-19(27)23-11-7-4-8-12-23)18(26)24(14-16(25)22-28)13-15-9-5-6-10-15/h15,17,28H,4-14H2,1-3H3,(H,21,27)(H,22,25)/t17-/m1/s1. The van der Waals surface area contributed by atoms with Gasteiger partial charge in [0.05, 0.1) is 0 Å². The first-order valence-corrected chi connectivity index (χ1v) is 10.5. The molecule has 2 aliphatic rings. The summed E-state index contributed by atoms with van der Waals surface area (Å²) < 4.78 is 0. The Bertz CT molecular complexity index is 549. The Kier molecular flexibility index (Phi) is 8.10. The quantitative estimate of drug-likeness (QED) is 0.473. The van der Waals surface area contributed by atoms with Gasteiger partial charge in [0.25, 0.3) is 5.91 Å². The normalized spacial score (nSPS) is 19.2. The smallest absolute Gasteiger partial charge is 0.318 e.